The van der Waals surface area contributed by atoms with E-state index in [0.717, 1.165) is 0 Å². The van der Waals surface area contributed by atoms with Crippen molar-refractivity contribution in [2.45, 2.75) is 18.9 Å². The van der Waals surface area contributed by atoms with Gasteiger partial charge < -0.3 is 15.8 Å². The number of rotatable bonds is 5. The smallest absolute Gasteiger partial charge is 0.265 e. The number of hydrogen-bond acceptors (Lipinski definition) is 4. The first-order chi connectivity index (χ1) is 7.76. The summed E-state index contributed by atoms with van der Waals surface area (Å²) < 4.78 is 5.12. The molecule has 2 rings (SSSR count). The molecule has 0 aromatic carbocycles. The third-order valence-electron chi connectivity index (χ3n) is 2.82. The monoisotopic (exact) mass is 276 g/mol. The summed E-state index contributed by atoms with van der Waals surface area (Å²) in [5, 5.41) is 4.82. The van der Waals surface area contributed by atoms with Crippen molar-refractivity contribution in [2.75, 3.05) is 13.7 Å². The van der Waals surface area contributed by atoms with Crippen molar-refractivity contribution < 1.29 is 9.53 Å². The van der Waals surface area contributed by atoms with E-state index >= 15 is 0 Å². The van der Waals surface area contributed by atoms with E-state index in [-0.39, 0.29) is 24.4 Å². The first-order valence-corrected chi connectivity index (χ1v) is 6.26. The largest absolute Gasteiger partial charge is 0.495 e. The molecule has 4 nitrogen and oxygen atoms in total. The first-order valence-electron chi connectivity index (χ1n) is 5.38. The number of halogens is 1. The van der Waals surface area contributed by atoms with Crippen molar-refractivity contribution in [3.63, 3.8) is 0 Å². The third-order valence-corrected chi connectivity index (χ3v) is 3.71. The Morgan fingerprint density at radius 2 is 2.41 bits per heavy atom. The maximum atomic E-state index is 12.0. The molecule has 1 saturated carbocycles. The molecule has 3 N–H and O–H groups in total. The predicted molar refractivity (Wildman–Crippen MR) is 71.2 cm³/mol. The lowest BCUT2D eigenvalue weighted by Crippen LogP contribution is -2.41. The van der Waals surface area contributed by atoms with Crippen molar-refractivity contribution in [3.05, 3.63) is 16.3 Å². The normalized spacial score (nSPS) is 15.9. The summed E-state index contributed by atoms with van der Waals surface area (Å²) in [6, 6.07) is 1.91. The van der Waals surface area contributed by atoms with Gasteiger partial charge in [-0.1, -0.05) is 0 Å². The number of nitrogens with one attached hydrogen (secondary N) is 1. The molecular weight excluding hydrogens is 260 g/mol. The Hall–Kier alpha value is -0.780. The van der Waals surface area contributed by atoms with Gasteiger partial charge in [0, 0.05) is 12.6 Å². The second kappa shape index (κ2) is 6.23. The zero-order valence-corrected chi connectivity index (χ0v) is 11.3. The van der Waals surface area contributed by atoms with E-state index in [1.807, 2.05) is 5.38 Å². The summed E-state index contributed by atoms with van der Waals surface area (Å²) in [5.74, 6) is 1.13. The number of hydrogen-bond donors (Lipinski definition) is 2. The minimum Gasteiger partial charge on any atom is -0.495 e. The van der Waals surface area contributed by atoms with Crippen LogP contribution in [0.15, 0.2) is 11.4 Å². The van der Waals surface area contributed by atoms with Gasteiger partial charge >= 0.3 is 0 Å². The molecule has 0 spiro atoms. The van der Waals surface area contributed by atoms with Crippen LogP contribution in [0.4, 0.5) is 0 Å². The Labute approximate surface area is 111 Å². The van der Waals surface area contributed by atoms with Crippen LogP contribution < -0.4 is 15.8 Å². The molecule has 1 atom stereocenters. The molecule has 1 aliphatic carbocycles. The van der Waals surface area contributed by atoms with Gasteiger partial charge in [0.25, 0.3) is 5.91 Å². The zero-order valence-electron chi connectivity index (χ0n) is 9.64. The Bertz CT molecular complexity index is 379. The van der Waals surface area contributed by atoms with Gasteiger partial charge in [0.15, 0.2) is 0 Å². The number of thiophene rings is 1. The molecular formula is C11H17ClN2O2S. The molecule has 0 aliphatic heterocycles. The second-order valence-electron chi connectivity index (χ2n) is 3.97. The van der Waals surface area contributed by atoms with E-state index in [4.69, 9.17) is 10.5 Å². The molecule has 0 saturated heterocycles. The topological polar surface area (TPSA) is 64.3 Å². The van der Waals surface area contributed by atoms with Crippen LogP contribution in [0, 0.1) is 5.92 Å². The fraction of sp³-hybridized carbons (Fsp3) is 0.545. The van der Waals surface area contributed by atoms with Crippen LogP contribution in [-0.4, -0.2) is 25.6 Å². The quantitative estimate of drug-likeness (QED) is 0.859. The van der Waals surface area contributed by atoms with Crippen LogP contribution in [-0.2, 0) is 0 Å². The number of carbonyl (C=O) groups is 1. The maximum absolute atomic E-state index is 12.0. The summed E-state index contributed by atoms with van der Waals surface area (Å²) in [4.78, 5) is 12.6. The summed E-state index contributed by atoms with van der Waals surface area (Å²) >= 11 is 1.39. The maximum Gasteiger partial charge on any atom is 0.265 e. The van der Waals surface area contributed by atoms with E-state index in [1.54, 1.807) is 13.2 Å². The summed E-state index contributed by atoms with van der Waals surface area (Å²) in [6.07, 6.45) is 2.34. The zero-order chi connectivity index (χ0) is 11.5. The molecule has 17 heavy (non-hydrogen) atoms. The van der Waals surface area contributed by atoms with Crippen LogP contribution >= 0.6 is 23.7 Å². The highest BCUT2D eigenvalue weighted by molar-refractivity contribution is 7.12. The minimum absolute atomic E-state index is 0. The minimum atomic E-state index is -0.0748. The number of nitrogens with two attached hydrogens (primary N) is 1. The molecule has 1 unspecified atom stereocenters. The van der Waals surface area contributed by atoms with Crippen LogP contribution in [0.5, 0.6) is 5.75 Å². The first kappa shape index (κ1) is 14.3. The highest BCUT2D eigenvalue weighted by Crippen LogP contribution is 2.33. The van der Waals surface area contributed by atoms with Gasteiger partial charge in [0.05, 0.1) is 7.11 Å². The van der Waals surface area contributed by atoms with Gasteiger partial charge in [-0.2, -0.15) is 0 Å². The Kier molecular flexibility index (Phi) is 5.24. The molecule has 1 amide bonds. The predicted octanol–water partition coefficient (Wildman–Crippen LogP) is 1.65. The van der Waals surface area contributed by atoms with Crippen molar-refractivity contribution in [1.82, 2.24) is 5.32 Å². The average Bonchev–Trinajstić information content (AvgIpc) is 3.02. The van der Waals surface area contributed by atoms with Crippen molar-refractivity contribution in [1.29, 1.82) is 0 Å². The standard InChI is InChI=1S/C11H16N2O2S.ClH/c1-15-9-4-5-16-10(9)11(14)13-8(6-12)7-2-3-7;/h4-5,7-8H,2-3,6,12H2,1H3,(H,13,14);1H. The number of methoxy groups -OCH3 is 1. The average molecular weight is 277 g/mol. The number of carbonyl (C=O) groups excluding carboxylic acids is 1. The third kappa shape index (κ3) is 3.34. The molecule has 1 aromatic rings. The SMILES string of the molecule is COc1ccsc1C(=O)NC(CN)C1CC1.Cl. The van der Waals surface area contributed by atoms with Gasteiger partial charge in [0.1, 0.15) is 10.6 Å². The van der Waals surface area contributed by atoms with E-state index in [9.17, 15) is 4.79 Å². The molecule has 96 valence electrons. The number of amides is 1. The van der Waals surface area contributed by atoms with E-state index < -0.39 is 0 Å². The Balaban J connectivity index is 0.00000144. The Morgan fingerprint density at radius 3 is 2.94 bits per heavy atom. The number of ether oxygens (including phenoxy) is 1. The van der Waals surface area contributed by atoms with Gasteiger partial charge in [-0.15, -0.1) is 23.7 Å². The highest BCUT2D eigenvalue weighted by atomic mass is 35.5. The molecule has 1 fully saturated rings. The summed E-state index contributed by atoms with van der Waals surface area (Å²) in [5.41, 5.74) is 5.64. The molecule has 0 radical (unpaired) electrons. The van der Waals surface area contributed by atoms with Crippen LogP contribution in [0.2, 0.25) is 0 Å². The van der Waals surface area contributed by atoms with E-state index in [0.29, 0.717) is 23.1 Å². The van der Waals surface area contributed by atoms with Crippen LogP contribution in [0.1, 0.15) is 22.5 Å². The molecule has 6 heteroatoms. The van der Waals surface area contributed by atoms with Crippen molar-refractivity contribution in [3.8, 4) is 5.75 Å². The summed E-state index contributed by atoms with van der Waals surface area (Å²) in [6.45, 7) is 0.504. The highest BCUT2D eigenvalue weighted by Gasteiger charge is 2.32. The van der Waals surface area contributed by atoms with Gasteiger partial charge in [-0.25, -0.2) is 0 Å². The lowest BCUT2D eigenvalue weighted by Gasteiger charge is -2.15. The van der Waals surface area contributed by atoms with Crippen LogP contribution in [0.25, 0.3) is 0 Å². The van der Waals surface area contributed by atoms with Gasteiger partial charge in [0.2, 0.25) is 0 Å². The van der Waals surface area contributed by atoms with Gasteiger partial charge in [-0.05, 0) is 30.2 Å². The molecule has 1 heterocycles. The van der Waals surface area contributed by atoms with E-state index in [2.05, 4.69) is 5.32 Å². The fourth-order valence-corrected chi connectivity index (χ4v) is 2.49. The van der Waals surface area contributed by atoms with E-state index in [1.165, 1.54) is 24.2 Å². The van der Waals surface area contributed by atoms with Crippen molar-refractivity contribution in [2.24, 2.45) is 11.7 Å². The Morgan fingerprint density at radius 1 is 1.71 bits per heavy atom. The van der Waals surface area contributed by atoms with Crippen LogP contribution in [0.3, 0.4) is 0 Å². The molecule has 1 aliphatic rings. The molecule has 1 aromatic heterocycles. The second-order valence-corrected chi connectivity index (χ2v) is 4.89. The lowest BCUT2D eigenvalue weighted by molar-refractivity contribution is 0.0935. The van der Waals surface area contributed by atoms with Crippen molar-refractivity contribution >= 4 is 29.7 Å². The fourth-order valence-electron chi connectivity index (χ4n) is 1.73. The lowest BCUT2D eigenvalue weighted by atomic mass is 10.2. The molecule has 0 bridgehead atoms. The van der Waals surface area contributed by atoms with Gasteiger partial charge in [-0.3, -0.25) is 4.79 Å². The summed E-state index contributed by atoms with van der Waals surface area (Å²) in [7, 11) is 1.57.